The van der Waals surface area contributed by atoms with Crippen molar-refractivity contribution in [1.82, 2.24) is 14.9 Å². The summed E-state index contributed by atoms with van der Waals surface area (Å²) in [5.74, 6) is 0.994. The molecule has 0 aliphatic heterocycles. The predicted molar refractivity (Wildman–Crippen MR) is 86.2 cm³/mol. The highest BCUT2D eigenvalue weighted by molar-refractivity contribution is 7.16. The Morgan fingerprint density at radius 3 is 3.14 bits per heavy atom. The van der Waals surface area contributed by atoms with Gasteiger partial charge in [-0.25, -0.2) is 4.98 Å². The molecule has 0 saturated carbocycles. The van der Waals surface area contributed by atoms with Crippen LogP contribution in [0.1, 0.15) is 46.6 Å². The molecule has 4 nitrogen and oxygen atoms in total. The lowest BCUT2D eigenvalue weighted by Crippen LogP contribution is -2.22. The smallest absolute Gasteiger partial charge is 0.261 e. The topological polar surface area (TPSA) is 46.9 Å². The molecule has 0 atom stereocenters. The summed E-state index contributed by atoms with van der Waals surface area (Å²) in [5, 5.41) is 3.99. The van der Waals surface area contributed by atoms with E-state index >= 15 is 0 Å². The fraction of sp³-hybridized carbons (Fsp3) is 0.375. The number of carbonyl (C=O) groups excluding carboxylic acids is 1. The number of thiophene rings is 1. The minimum atomic E-state index is 0.0135. The molecule has 0 bridgehead atoms. The summed E-state index contributed by atoms with van der Waals surface area (Å²) < 4.78 is 2.18. The molecule has 2 heterocycles. The zero-order chi connectivity index (χ0) is 14.8. The molecule has 0 radical (unpaired) electrons. The molecule has 0 aromatic carbocycles. The van der Waals surface area contributed by atoms with Crippen LogP contribution in [0.25, 0.3) is 11.1 Å². The molecule has 0 saturated heterocycles. The van der Waals surface area contributed by atoms with E-state index in [-0.39, 0.29) is 5.91 Å². The Kier molecular flexibility index (Phi) is 3.92. The van der Waals surface area contributed by atoms with E-state index in [1.54, 1.807) is 0 Å². The third-order valence-electron chi connectivity index (χ3n) is 3.57. The van der Waals surface area contributed by atoms with Crippen LogP contribution in [0.5, 0.6) is 0 Å². The van der Waals surface area contributed by atoms with Crippen LogP contribution in [0.15, 0.2) is 18.2 Å². The molecule has 5 heteroatoms. The van der Waals surface area contributed by atoms with E-state index in [9.17, 15) is 4.79 Å². The third-order valence-corrected chi connectivity index (χ3v) is 4.64. The number of allylic oxidation sites excluding steroid dienone is 1. The second kappa shape index (κ2) is 5.85. The molecule has 1 N–H and O–H groups in total. The van der Waals surface area contributed by atoms with E-state index < -0.39 is 0 Å². The second-order valence-electron chi connectivity index (χ2n) is 5.16. The fourth-order valence-electron chi connectivity index (χ4n) is 2.58. The minimum Gasteiger partial charge on any atom is -0.351 e. The van der Waals surface area contributed by atoms with Gasteiger partial charge in [-0.3, -0.25) is 9.36 Å². The first-order valence-electron chi connectivity index (χ1n) is 7.34. The van der Waals surface area contributed by atoms with Crippen LogP contribution in [0.2, 0.25) is 0 Å². The molecule has 1 aliphatic rings. The average molecular weight is 301 g/mol. The number of hydrogen-bond donors (Lipinski definition) is 1. The van der Waals surface area contributed by atoms with E-state index in [4.69, 9.17) is 0 Å². The summed E-state index contributed by atoms with van der Waals surface area (Å²) in [6.07, 6.45) is 7.25. The highest BCUT2D eigenvalue weighted by Crippen LogP contribution is 2.28. The maximum absolute atomic E-state index is 12.0. The van der Waals surface area contributed by atoms with Gasteiger partial charge in [-0.05, 0) is 44.4 Å². The largest absolute Gasteiger partial charge is 0.351 e. The Morgan fingerprint density at radius 2 is 2.33 bits per heavy atom. The lowest BCUT2D eigenvalue weighted by atomic mass is 10.1. The van der Waals surface area contributed by atoms with E-state index in [0.29, 0.717) is 0 Å². The first kappa shape index (κ1) is 14.1. The molecular formula is C16H19N3OS. The number of aromatic nitrogens is 2. The van der Waals surface area contributed by atoms with Gasteiger partial charge in [0.05, 0.1) is 16.3 Å². The van der Waals surface area contributed by atoms with E-state index in [1.807, 2.05) is 19.1 Å². The standard InChI is InChI=1S/C16H19N3OS/c1-3-10-17-16(20)14-8-9-15(21-14)19-11(2)18-12-6-4-5-7-13(12)19/h4,6,8-9H,3,5,7,10H2,1-2H3,(H,17,20). The van der Waals surface area contributed by atoms with Crippen LogP contribution >= 0.6 is 11.3 Å². The number of hydrogen-bond acceptors (Lipinski definition) is 3. The Balaban J connectivity index is 1.92. The molecule has 0 spiro atoms. The van der Waals surface area contributed by atoms with E-state index in [2.05, 4.69) is 33.9 Å². The molecule has 0 fully saturated rings. The number of aryl methyl sites for hydroxylation is 1. The molecular weight excluding hydrogens is 282 g/mol. The van der Waals surface area contributed by atoms with Gasteiger partial charge in [0.2, 0.25) is 0 Å². The van der Waals surface area contributed by atoms with Gasteiger partial charge in [-0.2, -0.15) is 0 Å². The van der Waals surface area contributed by atoms with Gasteiger partial charge in [0, 0.05) is 6.54 Å². The summed E-state index contributed by atoms with van der Waals surface area (Å²) in [6, 6.07) is 3.91. The molecule has 3 rings (SSSR count). The SMILES string of the molecule is CCCNC(=O)c1ccc(-n2c(C)nc3c2CCC=C3)s1. The van der Waals surface area contributed by atoms with Crippen molar-refractivity contribution in [2.45, 2.75) is 33.1 Å². The summed E-state index contributed by atoms with van der Waals surface area (Å²) in [4.78, 5) is 17.4. The van der Waals surface area contributed by atoms with Crippen molar-refractivity contribution in [1.29, 1.82) is 0 Å². The number of amides is 1. The summed E-state index contributed by atoms with van der Waals surface area (Å²) in [5.41, 5.74) is 2.31. The molecule has 21 heavy (non-hydrogen) atoms. The molecule has 2 aromatic heterocycles. The number of rotatable bonds is 4. The van der Waals surface area contributed by atoms with Gasteiger partial charge < -0.3 is 5.32 Å². The second-order valence-corrected chi connectivity index (χ2v) is 6.22. The van der Waals surface area contributed by atoms with Crippen LogP contribution in [0.3, 0.4) is 0 Å². The zero-order valence-electron chi connectivity index (χ0n) is 12.3. The molecule has 110 valence electrons. The highest BCUT2D eigenvalue weighted by Gasteiger charge is 2.18. The number of nitrogens with zero attached hydrogens (tertiary/aromatic N) is 2. The molecule has 0 unspecified atom stereocenters. The normalized spacial score (nSPS) is 13.2. The van der Waals surface area contributed by atoms with Crippen molar-refractivity contribution < 1.29 is 4.79 Å². The van der Waals surface area contributed by atoms with Crippen molar-refractivity contribution >= 4 is 23.3 Å². The van der Waals surface area contributed by atoms with Crippen LogP contribution < -0.4 is 5.32 Å². The quantitative estimate of drug-likeness (QED) is 0.941. The monoisotopic (exact) mass is 301 g/mol. The van der Waals surface area contributed by atoms with Gasteiger partial charge in [0.1, 0.15) is 10.8 Å². The number of imidazole rings is 1. The van der Waals surface area contributed by atoms with Crippen molar-refractivity contribution in [2.24, 2.45) is 0 Å². The van der Waals surface area contributed by atoms with Gasteiger partial charge in [0.15, 0.2) is 0 Å². The van der Waals surface area contributed by atoms with Crippen LogP contribution in [0.4, 0.5) is 0 Å². The average Bonchev–Trinajstić information content (AvgIpc) is 3.07. The number of fused-ring (bicyclic) bond motifs is 1. The minimum absolute atomic E-state index is 0.0135. The Bertz CT molecular complexity index is 696. The molecule has 2 aromatic rings. The Hall–Kier alpha value is -1.88. The summed E-state index contributed by atoms with van der Waals surface area (Å²) >= 11 is 1.52. The van der Waals surface area contributed by atoms with Crippen LogP contribution in [-0.4, -0.2) is 22.0 Å². The Labute approximate surface area is 128 Å². The lowest BCUT2D eigenvalue weighted by molar-refractivity contribution is 0.0957. The van der Waals surface area contributed by atoms with Crippen molar-refractivity contribution in [3.05, 3.63) is 40.3 Å². The van der Waals surface area contributed by atoms with Crippen molar-refractivity contribution in [2.75, 3.05) is 6.54 Å². The van der Waals surface area contributed by atoms with Gasteiger partial charge in [-0.15, -0.1) is 11.3 Å². The molecule has 1 amide bonds. The van der Waals surface area contributed by atoms with Gasteiger partial charge in [-0.1, -0.05) is 13.0 Å². The lowest BCUT2D eigenvalue weighted by Gasteiger charge is -2.10. The van der Waals surface area contributed by atoms with Crippen molar-refractivity contribution in [3.63, 3.8) is 0 Å². The fourth-order valence-corrected chi connectivity index (χ4v) is 3.57. The number of nitrogens with one attached hydrogen (secondary N) is 1. The van der Waals surface area contributed by atoms with Crippen molar-refractivity contribution in [3.8, 4) is 5.00 Å². The van der Waals surface area contributed by atoms with E-state index in [0.717, 1.165) is 47.2 Å². The zero-order valence-corrected chi connectivity index (χ0v) is 13.2. The highest BCUT2D eigenvalue weighted by atomic mass is 32.1. The first-order valence-corrected chi connectivity index (χ1v) is 8.15. The maximum Gasteiger partial charge on any atom is 0.261 e. The van der Waals surface area contributed by atoms with E-state index in [1.165, 1.54) is 17.0 Å². The number of carbonyl (C=O) groups is 1. The first-order chi connectivity index (χ1) is 10.2. The van der Waals surface area contributed by atoms with Gasteiger partial charge >= 0.3 is 0 Å². The van der Waals surface area contributed by atoms with Gasteiger partial charge in [0.25, 0.3) is 5.91 Å². The third kappa shape index (κ3) is 2.65. The maximum atomic E-state index is 12.0. The predicted octanol–water partition coefficient (Wildman–Crippen LogP) is 3.34. The van der Waals surface area contributed by atoms with Crippen LogP contribution in [0, 0.1) is 6.92 Å². The summed E-state index contributed by atoms with van der Waals surface area (Å²) in [6.45, 7) is 4.79. The summed E-state index contributed by atoms with van der Waals surface area (Å²) in [7, 11) is 0. The molecule has 1 aliphatic carbocycles. The Morgan fingerprint density at radius 1 is 1.48 bits per heavy atom. The van der Waals surface area contributed by atoms with Crippen LogP contribution in [-0.2, 0) is 6.42 Å².